The van der Waals surface area contributed by atoms with Crippen molar-refractivity contribution in [1.29, 1.82) is 0 Å². The zero-order chi connectivity index (χ0) is 13.0. The fraction of sp³-hybridized carbons (Fsp3) is 0.462. The molecule has 2 rings (SSSR count). The maximum absolute atomic E-state index is 13.5. The van der Waals surface area contributed by atoms with Crippen molar-refractivity contribution in [3.8, 4) is 5.75 Å². The number of halogens is 1. The monoisotopic (exact) mass is 253 g/mol. The molecule has 1 aromatic carbocycles. The molecular formula is C13H16FNO3. The minimum atomic E-state index is -0.456. The van der Waals surface area contributed by atoms with Gasteiger partial charge in [0.2, 0.25) is 0 Å². The number of amides is 1. The van der Waals surface area contributed by atoms with Gasteiger partial charge in [-0.3, -0.25) is 9.63 Å². The molecule has 1 aliphatic rings. The molecule has 0 spiro atoms. The molecule has 0 unspecified atom stereocenters. The summed E-state index contributed by atoms with van der Waals surface area (Å²) in [5.41, 5.74) is 0.618. The van der Waals surface area contributed by atoms with Gasteiger partial charge in [0.25, 0.3) is 5.91 Å². The highest BCUT2D eigenvalue weighted by Crippen LogP contribution is 2.18. The molecule has 0 radical (unpaired) electrons. The summed E-state index contributed by atoms with van der Waals surface area (Å²) in [6, 6.07) is 4.53. The fourth-order valence-electron chi connectivity index (χ4n) is 1.88. The van der Waals surface area contributed by atoms with Gasteiger partial charge in [-0.15, -0.1) is 0 Å². The van der Waals surface area contributed by atoms with Crippen LogP contribution in [0.4, 0.5) is 4.39 Å². The van der Waals surface area contributed by atoms with Crippen molar-refractivity contribution < 1.29 is 18.8 Å². The number of carbonyl (C=O) groups excluding carboxylic acids is 1. The number of hydrogen-bond acceptors (Lipinski definition) is 3. The highest BCUT2D eigenvalue weighted by Gasteiger charge is 2.18. The van der Waals surface area contributed by atoms with Crippen LogP contribution in [0.3, 0.4) is 0 Å². The molecule has 0 atom stereocenters. The van der Waals surface area contributed by atoms with Gasteiger partial charge in [0.1, 0.15) is 0 Å². The summed E-state index contributed by atoms with van der Waals surface area (Å²) in [5.74, 6) is -0.415. The maximum Gasteiger partial charge on any atom is 0.250 e. The largest absolute Gasteiger partial charge is 0.494 e. The number of hydroxylamine groups is 2. The van der Waals surface area contributed by atoms with E-state index in [9.17, 15) is 9.18 Å². The lowest BCUT2D eigenvalue weighted by molar-refractivity contribution is -0.196. The Hall–Kier alpha value is -1.62. The van der Waals surface area contributed by atoms with Crippen molar-refractivity contribution in [3.05, 3.63) is 29.6 Å². The number of carbonyl (C=O) groups is 1. The zero-order valence-corrected chi connectivity index (χ0v) is 10.3. The Labute approximate surface area is 105 Å². The maximum atomic E-state index is 13.5. The first-order chi connectivity index (χ1) is 8.70. The molecule has 98 valence electrons. The van der Waals surface area contributed by atoms with Crippen molar-refractivity contribution >= 4 is 5.91 Å². The SMILES string of the molecule is COc1ccc(CC(=O)N2CCCCO2)cc1F. The highest BCUT2D eigenvalue weighted by molar-refractivity contribution is 5.77. The smallest absolute Gasteiger partial charge is 0.250 e. The van der Waals surface area contributed by atoms with Crippen LogP contribution >= 0.6 is 0 Å². The Bertz CT molecular complexity index is 430. The van der Waals surface area contributed by atoms with E-state index in [4.69, 9.17) is 9.57 Å². The number of methoxy groups -OCH3 is 1. The number of rotatable bonds is 3. The summed E-state index contributed by atoms with van der Waals surface area (Å²) in [5, 5.41) is 1.37. The molecule has 1 saturated heterocycles. The predicted octanol–water partition coefficient (Wildman–Crippen LogP) is 1.93. The molecule has 0 bridgehead atoms. The lowest BCUT2D eigenvalue weighted by Gasteiger charge is -2.25. The summed E-state index contributed by atoms with van der Waals surface area (Å²) in [6.07, 6.45) is 2.06. The molecule has 5 heteroatoms. The molecule has 1 amide bonds. The fourth-order valence-corrected chi connectivity index (χ4v) is 1.88. The van der Waals surface area contributed by atoms with E-state index in [-0.39, 0.29) is 18.1 Å². The minimum Gasteiger partial charge on any atom is -0.494 e. The van der Waals surface area contributed by atoms with Crippen molar-refractivity contribution in [3.63, 3.8) is 0 Å². The Morgan fingerprint density at radius 1 is 1.50 bits per heavy atom. The van der Waals surface area contributed by atoms with Gasteiger partial charge in [-0.1, -0.05) is 6.07 Å². The van der Waals surface area contributed by atoms with Crippen LogP contribution in [0, 0.1) is 5.82 Å². The highest BCUT2D eigenvalue weighted by atomic mass is 19.1. The van der Waals surface area contributed by atoms with Crippen LogP contribution in [0.2, 0.25) is 0 Å². The van der Waals surface area contributed by atoms with Crippen molar-refractivity contribution in [1.82, 2.24) is 5.06 Å². The second-order valence-corrected chi connectivity index (χ2v) is 4.18. The normalized spacial score (nSPS) is 15.6. The first kappa shape index (κ1) is 12.8. The average Bonchev–Trinajstić information content (AvgIpc) is 2.40. The Morgan fingerprint density at radius 2 is 2.33 bits per heavy atom. The molecule has 1 heterocycles. The van der Waals surface area contributed by atoms with Gasteiger partial charge in [-0.2, -0.15) is 0 Å². The van der Waals surface area contributed by atoms with Gasteiger partial charge in [-0.05, 0) is 30.5 Å². The van der Waals surface area contributed by atoms with Crippen molar-refractivity contribution in [2.45, 2.75) is 19.3 Å². The van der Waals surface area contributed by atoms with Gasteiger partial charge < -0.3 is 4.74 Å². The molecule has 1 aromatic rings. The van der Waals surface area contributed by atoms with Gasteiger partial charge in [0.05, 0.1) is 20.1 Å². The Kier molecular flexibility index (Phi) is 4.15. The summed E-state index contributed by atoms with van der Waals surface area (Å²) >= 11 is 0. The summed E-state index contributed by atoms with van der Waals surface area (Å²) in [7, 11) is 1.41. The van der Waals surface area contributed by atoms with Crippen LogP contribution in [0.25, 0.3) is 0 Å². The lowest BCUT2D eigenvalue weighted by atomic mass is 10.1. The first-order valence-corrected chi connectivity index (χ1v) is 5.96. The van der Waals surface area contributed by atoms with Crippen molar-refractivity contribution in [2.75, 3.05) is 20.3 Å². The zero-order valence-electron chi connectivity index (χ0n) is 10.3. The average molecular weight is 253 g/mol. The Morgan fingerprint density at radius 3 is 2.94 bits per heavy atom. The molecule has 0 N–H and O–H groups in total. The summed E-state index contributed by atoms with van der Waals surface area (Å²) < 4.78 is 18.3. The third kappa shape index (κ3) is 2.98. The summed E-state index contributed by atoms with van der Waals surface area (Å²) in [4.78, 5) is 17.1. The van der Waals surface area contributed by atoms with Gasteiger partial charge in [0, 0.05) is 6.54 Å². The molecule has 18 heavy (non-hydrogen) atoms. The van der Waals surface area contributed by atoms with E-state index in [1.807, 2.05) is 0 Å². The van der Waals surface area contributed by atoms with Crippen LogP contribution in [0.1, 0.15) is 18.4 Å². The van der Waals surface area contributed by atoms with E-state index < -0.39 is 5.82 Å². The van der Waals surface area contributed by atoms with Crippen LogP contribution in [0.5, 0.6) is 5.75 Å². The van der Waals surface area contributed by atoms with Crippen LogP contribution in [-0.4, -0.2) is 31.2 Å². The molecule has 1 aliphatic heterocycles. The van der Waals surface area contributed by atoms with E-state index in [0.717, 1.165) is 12.8 Å². The van der Waals surface area contributed by atoms with Crippen molar-refractivity contribution in [2.24, 2.45) is 0 Å². The molecular weight excluding hydrogens is 237 g/mol. The lowest BCUT2D eigenvalue weighted by Crippen LogP contribution is -2.36. The van der Waals surface area contributed by atoms with Crippen LogP contribution < -0.4 is 4.74 Å². The second-order valence-electron chi connectivity index (χ2n) is 4.18. The third-order valence-electron chi connectivity index (χ3n) is 2.85. The number of ether oxygens (including phenoxy) is 1. The molecule has 4 nitrogen and oxygen atoms in total. The molecule has 0 aliphatic carbocycles. The molecule has 0 saturated carbocycles. The predicted molar refractivity (Wildman–Crippen MR) is 63.6 cm³/mol. The second kappa shape index (κ2) is 5.82. The van der Waals surface area contributed by atoms with E-state index >= 15 is 0 Å². The Balaban J connectivity index is 2.00. The number of nitrogens with zero attached hydrogens (tertiary/aromatic N) is 1. The number of hydrogen-bond donors (Lipinski definition) is 0. The standard InChI is InChI=1S/C13H16FNO3/c1-17-12-5-4-10(8-11(12)14)9-13(16)15-6-2-3-7-18-15/h4-5,8H,2-3,6-7,9H2,1H3. The topological polar surface area (TPSA) is 38.8 Å². The van der Waals surface area contributed by atoms with E-state index in [1.165, 1.54) is 24.3 Å². The van der Waals surface area contributed by atoms with E-state index in [0.29, 0.717) is 18.7 Å². The minimum absolute atomic E-state index is 0.140. The van der Waals surface area contributed by atoms with E-state index in [1.54, 1.807) is 6.07 Å². The van der Waals surface area contributed by atoms with Crippen LogP contribution in [-0.2, 0) is 16.1 Å². The number of benzene rings is 1. The molecule has 1 fully saturated rings. The van der Waals surface area contributed by atoms with Crippen LogP contribution in [0.15, 0.2) is 18.2 Å². The molecule has 0 aromatic heterocycles. The van der Waals surface area contributed by atoms with E-state index in [2.05, 4.69) is 0 Å². The quantitative estimate of drug-likeness (QED) is 0.826. The first-order valence-electron chi connectivity index (χ1n) is 5.96. The van der Waals surface area contributed by atoms with Gasteiger partial charge >= 0.3 is 0 Å². The van der Waals surface area contributed by atoms with Gasteiger partial charge in [-0.25, -0.2) is 9.45 Å². The third-order valence-corrected chi connectivity index (χ3v) is 2.85. The summed E-state index contributed by atoms with van der Waals surface area (Å²) in [6.45, 7) is 1.18. The van der Waals surface area contributed by atoms with Gasteiger partial charge in [0.15, 0.2) is 11.6 Å².